The first-order valence-corrected chi connectivity index (χ1v) is 9.06. The fourth-order valence-electron chi connectivity index (χ4n) is 4.24. The molecule has 4 rings (SSSR count). The molecule has 2 saturated carbocycles. The molecule has 3 aliphatic rings. The highest BCUT2D eigenvalue weighted by Crippen LogP contribution is 2.48. The van der Waals surface area contributed by atoms with Gasteiger partial charge in [0.05, 0.1) is 0 Å². The van der Waals surface area contributed by atoms with Crippen LogP contribution >= 0.6 is 0 Å². The summed E-state index contributed by atoms with van der Waals surface area (Å²) in [6, 6.07) is 11.8. The van der Waals surface area contributed by atoms with E-state index in [-0.39, 0.29) is 0 Å². The van der Waals surface area contributed by atoms with Gasteiger partial charge in [-0.3, -0.25) is 0 Å². The Morgan fingerprint density at radius 2 is 1.91 bits per heavy atom. The molecule has 1 saturated heterocycles. The summed E-state index contributed by atoms with van der Waals surface area (Å²) in [4.78, 5) is 2.72. The van der Waals surface area contributed by atoms with Crippen LogP contribution in [0.2, 0.25) is 0 Å². The van der Waals surface area contributed by atoms with E-state index in [4.69, 9.17) is 0 Å². The third-order valence-corrected chi connectivity index (χ3v) is 6.03. The van der Waals surface area contributed by atoms with Gasteiger partial charge in [0.2, 0.25) is 0 Å². The monoisotopic (exact) mass is 298 g/mol. The lowest BCUT2D eigenvalue weighted by Gasteiger charge is -2.25. The van der Waals surface area contributed by atoms with Crippen molar-refractivity contribution in [3.63, 3.8) is 0 Å². The van der Waals surface area contributed by atoms with Gasteiger partial charge in [-0.15, -0.1) is 0 Å². The van der Waals surface area contributed by atoms with Crippen LogP contribution in [0, 0.1) is 10.8 Å². The Morgan fingerprint density at radius 3 is 2.55 bits per heavy atom. The van der Waals surface area contributed by atoms with Gasteiger partial charge in [0.25, 0.3) is 0 Å². The first-order valence-electron chi connectivity index (χ1n) is 9.06. The summed E-state index contributed by atoms with van der Waals surface area (Å²) in [6.07, 6.45) is 5.56. The third-order valence-electron chi connectivity index (χ3n) is 6.03. The smallest absolute Gasteiger partial charge is 0.0143 e. The molecule has 0 radical (unpaired) electrons. The van der Waals surface area contributed by atoms with Crippen LogP contribution in [0.3, 0.4) is 0 Å². The van der Waals surface area contributed by atoms with Gasteiger partial charge in [0.15, 0.2) is 0 Å². The van der Waals surface area contributed by atoms with Gasteiger partial charge in [-0.2, -0.15) is 0 Å². The van der Waals surface area contributed by atoms with Crippen molar-refractivity contribution >= 4 is 0 Å². The molecule has 2 nitrogen and oxygen atoms in total. The summed E-state index contributed by atoms with van der Waals surface area (Å²) in [7, 11) is 0. The van der Waals surface area contributed by atoms with Crippen molar-refractivity contribution in [1.29, 1.82) is 0 Å². The molecular formula is C20H30N2. The maximum absolute atomic E-state index is 3.88. The summed E-state index contributed by atoms with van der Waals surface area (Å²) >= 11 is 0. The molecule has 0 spiro atoms. The molecule has 2 atom stereocenters. The van der Waals surface area contributed by atoms with Crippen LogP contribution in [0.1, 0.15) is 51.0 Å². The van der Waals surface area contributed by atoms with E-state index >= 15 is 0 Å². The van der Waals surface area contributed by atoms with Gasteiger partial charge in [-0.25, -0.2) is 0 Å². The van der Waals surface area contributed by atoms with E-state index < -0.39 is 0 Å². The molecule has 3 fully saturated rings. The fraction of sp³-hybridized carbons (Fsp3) is 0.700. The Kier molecular flexibility index (Phi) is 3.58. The number of rotatable bonds is 6. The summed E-state index contributed by atoms with van der Waals surface area (Å²) in [5.41, 5.74) is 2.66. The Morgan fingerprint density at radius 1 is 1.14 bits per heavy atom. The van der Waals surface area contributed by atoms with Crippen LogP contribution in [0.4, 0.5) is 0 Å². The SMILES string of the molecule is CC1(C)CCN(CC2(CNC3C[C@@H]3c3ccccc3)CC2)C1. The molecule has 1 aromatic carbocycles. The normalized spacial score (nSPS) is 32.1. The second-order valence-electron chi connectivity index (χ2n) is 8.87. The van der Waals surface area contributed by atoms with E-state index in [1.54, 1.807) is 0 Å². The summed E-state index contributed by atoms with van der Waals surface area (Å²) < 4.78 is 0. The zero-order chi connectivity index (χ0) is 15.2. The Bertz CT molecular complexity index is 518. The van der Waals surface area contributed by atoms with Gasteiger partial charge >= 0.3 is 0 Å². The predicted molar refractivity (Wildman–Crippen MR) is 92.1 cm³/mol. The fourth-order valence-corrected chi connectivity index (χ4v) is 4.24. The molecule has 1 heterocycles. The average Bonchev–Trinajstić information content (AvgIpc) is 3.39. The lowest BCUT2D eigenvalue weighted by molar-refractivity contribution is 0.233. The van der Waals surface area contributed by atoms with Gasteiger partial charge in [0.1, 0.15) is 0 Å². The van der Waals surface area contributed by atoms with Crippen LogP contribution in [0.5, 0.6) is 0 Å². The molecule has 2 heteroatoms. The summed E-state index contributed by atoms with van der Waals surface area (Å²) in [5.74, 6) is 0.766. The van der Waals surface area contributed by atoms with E-state index in [0.717, 1.165) is 12.0 Å². The van der Waals surface area contributed by atoms with Crippen LogP contribution in [-0.2, 0) is 0 Å². The van der Waals surface area contributed by atoms with Crippen molar-refractivity contribution in [3.8, 4) is 0 Å². The zero-order valence-corrected chi connectivity index (χ0v) is 14.1. The quantitative estimate of drug-likeness (QED) is 0.862. The topological polar surface area (TPSA) is 15.3 Å². The highest BCUT2D eigenvalue weighted by atomic mass is 15.2. The molecule has 22 heavy (non-hydrogen) atoms. The van der Waals surface area contributed by atoms with Crippen LogP contribution in [-0.4, -0.2) is 37.1 Å². The highest BCUT2D eigenvalue weighted by Gasteiger charge is 2.47. The minimum atomic E-state index is 0.540. The lowest BCUT2D eigenvalue weighted by atomic mass is 9.93. The van der Waals surface area contributed by atoms with Crippen LogP contribution in [0.15, 0.2) is 30.3 Å². The third kappa shape index (κ3) is 3.23. The minimum absolute atomic E-state index is 0.540. The molecule has 0 bridgehead atoms. The van der Waals surface area contributed by atoms with Crippen LogP contribution < -0.4 is 5.32 Å². The lowest BCUT2D eigenvalue weighted by Crippen LogP contribution is -2.36. The first-order chi connectivity index (χ1) is 10.6. The molecule has 2 aliphatic carbocycles. The number of benzene rings is 1. The second kappa shape index (κ2) is 5.35. The number of hydrogen-bond donors (Lipinski definition) is 1. The second-order valence-corrected chi connectivity index (χ2v) is 8.87. The standard InChI is InChI=1S/C20H30N2/c1-19(2)10-11-22(14-19)15-20(8-9-20)13-21-18-12-17(18)16-6-4-3-5-7-16/h3-7,17-18,21H,8-15H2,1-2H3/t17-,18?/m1/s1. The largest absolute Gasteiger partial charge is 0.313 e. The molecule has 120 valence electrons. The highest BCUT2D eigenvalue weighted by molar-refractivity contribution is 5.27. The van der Waals surface area contributed by atoms with Gasteiger partial charge < -0.3 is 10.2 Å². The van der Waals surface area contributed by atoms with Crippen molar-refractivity contribution in [2.45, 2.75) is 51.5 Å². The van der Waals surface area contributed by atoms with Crippen LogP contribution in [0.25, 0.3) is 0 Å². The van der Waals surface area contributed by atoms with Crippen molar-refractivity contribution in [2.24, 2.45) is 10.8 Å². The molecule has 1 N–H and O–H groups in total. The maximum Gasteiger partial charge on any atom is 0.0143 e. The molecular weight excluding hydrogens is 268 g/mol. The van der Waals surface area contributed by atoms with E-state index in [2.05, 4.69) is 54.4 Å². The number of likely N-dealkylation sites (tertiary alicyclic amines) is 1. The molecule has 1 aliphatic heterocycles. The van der Waals surface area contributed by atoms with Crippen molar-refractivity contribution < 1.29 is 0 Å². The first kappa shape index (κ1) is 14.7. The van der Waals surface area contributed by atoms with E-state index in [1.807, 2.05) is 0 Å². The van der Waals surface area contributed by atoms with E-state index in [0.29, 0.717) is 10.8 Å². The predicted octanol–water partition coefficient (Wildman–Crippen LogP) is 3.64. The Balaban J connectivity index is 1.25. The summed E-state index contributed by atoms with van der Waals surface area (Å²) in [6.45, 7) is 10.00. The molecule has 0 aromatic heterocycles. The molecule has 1 unspecified atom stereocenters. The maximum atomic E-state index is 3.88. The number of hydrogen-bond acceptors (Lipinski definition) is 2. The number of nitrogens with zero attached hydrogens (tertiary/aromatic N) is 1. The molecule has 1 aromatic rings. The zero-order valence-electron chi connectivity index (χ0n) is 14.1. The van der Waals surface area contributed by atoms with Gasteiger partial charge in [-0.05, 0) is 48.6 Å². The average molecular weight is 298 g/mol. The summed E-state index contributed by atoms with van der Waals surface area (Å²) in [5, 5.41) is 3.88. The van der Waals surface area contributed by atoms with E-state index in [9.17, 15) is 0 Å². The minimum Gasteiger partial charge on any atom is -0.313 e. The van der Waals surface area contributed by atoms with Gasteiger partial charge in [0, 0.05) is 31.6 Å². The number of nitrogens with one attached hydrogen (secondary N) is 1. The molecule has 0 amide bonds. The van der Waals surface area contributed by atoms with E-state index in [1.165, 1.54) is 57.4 Å². The van der Waals surface area contributed by atoms with Crippen molar-refractivity contribution in [3.05, 3.63) is 35.9 Å². The van der Waals surface area contributed by atoms with Crippen molar-refractivity contribution in [2.75, 3.05) is 26.2 Å². The Hall–Kier alpha value is -0.860. The Labute approximate surface area is 135 Å². The van der Waals surface area contributed by atoms with Gasteiger partial charge in [-0.1, -0.05) is 44.2 Å². The van der Waals surface area contributed by atoms with Crippen molar-refractivity contribution in [1.82, 2.24) is 10.2 Å².